The summed E-state index contributed by atoms with van der Waals surface area (Å²) < 4.78 is 0. The van der Waals surface area contributed by atoms with Crippen molar-refractivity contribution < 1.29 is 9.59 Å². The highest BCUT2D eigenvalue weighted by molar-refractivity contribution is 6.05. The van der Waals surface area contributed by atoms with Crippen LogP contribution >= 0.6 is 0 Å². The fourth-order valence-corrected chi connectivity index (χ4v) is 2.96. The number of carbonyl (C=O) groups excluding carboxylic acids is 2. The van der Waals surface area contributed by atoms with Gasteiger partial charge in [-0.15, -0.1) is 0 Å². The highest BCUT2D eigenvalue weighted by Crippen LogP contribution is 2.28. The van der Waals surface area contributed by atoms with Crippen molar-refractivity contribution in [2.24, 2.45) is 5.73 Å². The van der Waals surface area contributed by atoms with Crippen LogP contribution in [0.5, 0.6) is 0 Å². The third kappa shape index (κ3) is 3.63. The molecule has 0 radical (unpaired) electrons. The second-order valence-electron chi connectivity index (χ2n) is 6.22. The van der Waals surface area contributed by atoms with Crippen LogP contribution in [-0.2, 0) is 4.79 Å². The van der Waals surface area contributed by atoms with Crippen molar-refractivity contribution >= 4 is 23.2 Å². The van der Waals surface area contributed by atoms with Gasteiger partial charge in [-0.25, -0.2) is 0 Å². The molecule has 0 unspecified atom stereocenters. The van der Waals surface area contributed by atoms with Crippen molar-refractivity contribution in [2.75, 3.05) is 10.6 Å². The Bertz CT molecular complexity index is 737. The number of rotatable bonds is 4. The molecule has 1 aliphatic carbocycles. The van der Waals surface area contributed by atoms with Crippen LogP contribution in [-0.4, -0.2) is 17.4 Å². The normalized spacial score (nSPS) is 15.7. The third-order valence-corrected chi connectivity index (χ3v) is 4.36. The van der Waals surface area contributed by atoms with Crippen molar-refractivity contribution in [3.8, 4) is 0 Å². The van der Waals surface area contributed by atoms with Gasteiger partial charge in [-0.1, -0.05) is 37.1 Å². The van der Waals surface area contributed by atoms with Crippen LogP contribution in [0.3, 0.4) is 0 Å². The minimum absolute atomic E-state index is 0.161. The van der Waals surface area contributed by atoms with E-state index in [0.29, 0.717) is 29.8 Å². The van der Waals surface area contributed by atoms with Gasteiger partial charge < -0.3 is 16.4 Å². The Morgan fingerprint density at radius 2 is 1.50 bits per heavy atom. The summed E-state index contributed by atoms with van der Waals surface area (Å²) in [5, 5.41) is 5.69. The topological polar surface area (TPSA) is 84.2 Å². The van der Waals surface area contributed by atoms with Crippen LogP contribution in [0.2, 0.25) is 0 Å². The van der Waals surface area contributed by atoms with Crippen molar-refractivity contribution in [1.29, 1.82) is 0 Å². The van der Waals surface area contributed by atoms with Gasteiger partial charge in [-0.05, 0) is 43.2 Å². The minimum atomic E-state index is -0.775. The van der Waals surface area contributed by atoms with E-state index in [1.807, 2.05) is 18.2 Å². The van der Waals surface area contributed by atoms with E-state index in [0.717, 1.165) is 12.8 Å². The number of nitrogens with one attached hydrogen (secondary N) is 2. The molecule has 4 N–H and O–H groups in total. The molecule has 0 spiro atoms. The van der Waals surface area contributed by atoms with E-state index in [2.05, 4.69) is 10.6 Å². The van der Waals surface area contributed by atoms with Crippen molar-refractivity contribution in [1.82, 2.24) is 0 Å². The van der Waals surface area contributed by atoms with Crippen molar-refractivity contribution in [3.63, 3.8) is 0 Å². The van der Waals surface area contributed by atoms with Crippen LogP contribution in [0.1, 0.15) is 36.0 Å². The Labute approximate surface area is 141 Å². The average Bonchev–Trinajstić information content (AvgIpc) is 3.04. The number of benzene rings is 2. The molecular formula is C19H21N3O2. The maximum atomic E-state index is 12.4. The quantitative estimate of drug-likeness (QED) is 0.808. The number of amides is 2. The Balaban J connectivity index is 1.68. The summed E-state index contributed by atoms with van der Waals surface area (Å²) in [6.45, 7) is 0. The Morgan fingerprint density at radius 1 is 0.875 bits per heavy atom. The zero-order valence-corrected chi connectivity index (χ0v) is 13.4. The van der Waals surface area contributed by atoms with Crippen LogP contribution in [0.4, 0.5) is 11.4 Å². The third-order valence-electron chi connectivity index (χ3n) is 4.36. The molecule has 0 atom stereocenters. The molecule has 0 bridgehead atoms. The predicted octanol–water partition coefficient (Wildman–Crippen LogP) is 3.15. The molecule has 3 rings (SSSR count). The molecule has 2 aromatic carbocycles. The first-order valence-corrected chi connectivity index (χ1v) is 8.14. The lowest BCUT2D eigenvalue weighted by Crippen LogP contribution is -2.48. The second-order valence-corrected chi connectivity index (χ2v) is 6.22. The zero-order chi connectivity index (χ0) is 17.0. The minimum Gasteiger partial charge on any atom is -0.324 e. The number of carbonyl (C=O) groups is 2. The van der Waals surface area contributed by atoms with Crippen molar-refractivity contribution in [3.05, 3.63) is 60.2 Å². The Hall–Kier alpha value is -2.66. The van der Waals surface area contributed by atoms with E-state index in [1.165, 1.54) is 0 Å². The van der Waals surface area contributed by atoms with Gasteiger partial charge in [0.15, 0.2) is 0 Å². The van der Waals surface area contributed by atoms with Crippen LogP contribution in [0.15, 0.2) is 54.6 Å². The molecule has 0 aromatic heterocycles. The van der Waals surface area contributed by atoms with Gasteiger partial charge in [0.05, 0.1) is 5.54 Å². The SMILES string of the molecule is NC1(C(=O)Nc2cccc(NC(=O)c3ccccc3)c2)CCCC1. The van der Waals surface area contributed by atoms with Gasteiger partial charge in [-0.2, -0.15) is 0 Å². The fourth-order valence-electron chi connectivity index (χ4n) is 2.96. The van der Waals surface area contributed by atoms with E-state index < -0.39 is 5.54 Å². The van der Waals surface area contributed by atoms with E-state index in [9.17, 15) is 9.59 Å². The summed E-state index contributed by atoms with van der Waals surface area (Å²) >= 11 is 0. The van der Waals surface area contributed by atoms with E-state index in [4.69, 9.17) is 5.73 Å². The molecule has 0 aliphatic heterocycles. The summed E-state index contributed by atoms with van der Waals surface area (Å²) in [6, 6.07) is 16.1. The van der Waals surface area contributed by atoms with E-state index in [1.54, 1.807) is 36.4 Å². The summed E-state index contributed by atoms with van der Waals surface area (Å²) in [6.07, 6.45) is 3.39. The van der Waals surface area contributed by atoms with Gasteiger partial charge in [0.25, 0.3) is 5.91 Å². The zero-order valence-electron chi connectivity index (χ0n) is 13.4. The first kappa shape index (κ1) is 16.2. The predicted molar refractivity (Wildman–Crippen MR) is 94.9 cm³/mol. The first-order chi connectivity index (χ1) is 11.6. The van der Waals surface area contributed by atoms with Gasteiger partial charge in [-0.3, -0.25) is 9.59 Å². The summed E-state index contributed by atoms with van der Waals surface area (Å²) in [7, 11) is 0. The molecular weight excluding hydrogens is 302 g/mol. The van der Waals surface area contributed by atoms with Crippen LogP contribution in [0, 0.1) is 0 Å². The molecule has 5 heteroatoms. The van der Waals surface area contributed by atoms with Gasteiger partial charge >= 0.3 is 0 Å². The monoisotopic (exact) mass is 323 g/mol. The van der Waals surface area contributed by atoms with Gasteiger partial charge in [0.1, 0.15) is 0 Å². The Kier molecular flexibility index (Phi) is 4.62. The molecule has 5 nitrogen and oxygen atoms in total. The van der Waals surface area contributed by atoms with E-state index >= 15 is 0 Å². The van der Waals surface area contributed by atoms with Gasteiger partial charge in [0, 0.05) is 16.9 Å². The molecule has 2 amide bonds. The van der Waals surface area contributed by atoms with Crippen LogP contribution in [0.25, 0.3) is 0 Å². The summed E-state index contributed by atoms with van der Waals surface area (Å²) in [5.41, 5.74) is 7.22. The summed E-state index contributed by atoms with van der Waals surface area (Å²) in [4.78, 5) is 24.6. The van der Waals surface area contributed by atoms with Crippen molar-refractivity contribution in [2.45, 2.75) is 31.2 Å². The average molecular weight is 323 g/mol. The molecule has 1 aliphatic rings. The maximum Gasteiger partial charge on any atom is 0.255 e. The lowest BCUT2D eigenvalue weighted by Gasteiger charge is -2.22. The largest absolute Gasteiger partial charge is 0.324 e. The standard InChI is InChI=1S/C19H21N3O2/c20-19(11-4-5-12-19)18(24)22-16-10-6-9-15(13-16)21-17(23)14-7-2-1-3-8-14/h1-3,6-10,13H,4-5,11-12,20H2,(H,21,23)(H,22,24). The molecule has 0 heterocycles. The molecule has 2 aromatic rings. The number of hydrogen-bond donors (Lipinski definition) is 3. The fraction of sp³-hybridized carbons (Fsp3) is 0.263. The highest BCUT2D eigenvalue weighted by atomic mass is 16.2. The molecule has 1 fully saturated rings. The lowest BCUT2D eigenvalue weighted by atomic mass is 9.98. The number of anilines is 2. The Morgan fingerprint density at radius 3 is 2.17 bits per heavy atom. The number of hydrogen-bond acceptors (Lipinski definition) is 3. The first-order valence-electron chi connectivity index (χ1n) is 8.14. The number of nitrogens with two attached hydrogens (primary N) is 1. The molecule has 24 heavy (non-hydrogen) atoms. The maximum absolute atomic E-state index is 12.4. The van der Waals surface area contributed by atoms with E-state index in [-0.39, 0.29) is 11.8 Å². The lowest BCUT2D eigenvalue weighted by molar-refractivity contribution is -0.121. The molecule has 0 saturated heterocycles. The van der Waals surface area contributed by atoms with Gasteiger partial charge in [0.2, 0.25) is 5.91 Å². The van der Waals surface area contributed by atoms with Crippen LogP contribution < -0.4 is 16.4 Å². The molecule has 124 valence electrons. The smallest absolute Gasteiger partial charge is 0.255 e. The molecule has 1 saturated carbocycles. The highest BCUT2D eigenvalue weighted by Gasteiger charge is 2.36. The summed E-state index contributed by atoms with van der Waals surface area (Å²) in [5.74, 6) is -0.350. The second kappa shape index (κ2) is 6.84.